The maximum atomic E-state index is 11.5. The minimum absolute atomic E-state index is 0.336. The van der Waals surface area contributed by atoms with Gasteiger partial charge in [0.05, 0.1) is 12.2 Å². The molecule has 2 rings (SSSR count). The highest BCUT2D eigenvalue weighted by atomic mass is 16.5. The molecule has 2 N–H and O–H groups in total. The highest BCUT2D eigenvalue weighted by molar-refractivity contribution is 5.95. The largest absolute Gasteiger partial charge is 0.462 e. The van der Waals surface area contributed by atoms with E-state index in [0.717, 1.165) is 0 Å². The number of esters is 1. The maximum absolute atomic E-state index is 11.5. The first kappa shape index (κ1) is 10.0. The van der Waals surface area contributed by atoms with Crippen molar-refractivity contribution in [1.29, 1.82) is 0 Å². The molecule has 1 saturated carbocycles. The van der Waals surface area contributed by atoms with E-state index in [4.69, 9.17) is 10.5 Å². The summed E-state index contributed by atoms with van der Waals surface area (Å²) in [5.74, 6) is 0.320. The predicted octanol–water partition coefficient (Wildman–Crippen LogP) is 2.32. The summed E-state index contributed by atoms with van der Waals surface area (Å²) in [7, 11) is 0. The van der Waals surface area contributed by atoms with Gasteiger partial charge in [0.2, 0.25) is 0 Å². The van der Waals surface area contributed by atoms with Gasteiger partial charge in [0.15, 0.2) is 0 Å². The second kappa shape index (κ2) is 3.93. The van der Waals surface area contributed by atoms with E-state index in [1.165, 1.54) is 18.4 Å². The maximum Gasteiger partial charge on any atom is 0.340 e. The summed E-state index contributed by atoms with van der Waals surface area (Å²) in [6.07, 6.45) is 2.47. The molecule has 0 amide bonds. The van der Waals surface area contributed by atoms with Crippen molar-refractivity contribution in [2.24, 2.45) is 0 Å². The summed E-state index contributed by atoms with van der Waals surface area (Å²) >= 11 is 0. The van der Waals surface area contributed by atoms with Gasteiger partial charge in [-0.2, -0.15) is 0 Å². The topological polar surface area (TPSA) is 52.3 Å². The van der Waals surface area contributed by atoms with E-state index in [2.05, 4.69) is 0 Å². The number of ether oxygens (including phenoxy) is 1. The number of benzene rings is 1. The number of rotatable bonds is 3. The Labute approximate surface area is 89.2 Å². The zero-order valence-corrected chi connectivity index (χ0v) is 8.82. The van der Waals surface area contributed by atoms with Gasteiger partial charge in [-0.05, 0) is 43.4 Å². The molecule has 1 aromatic carbocycles. The Kier molecular flexibility index (Phi) is 2.62. The van der Waals surface area contributed by atoms with Crippen molar-refractivity contribution >= 4 is 11.7 Å². The lowest BCUT2D eigenvalue weighted by Gasteiger charge is -2.06. The molecule has 3 nitrogen and oxygen atoms in total. The zero-order chi connectivity index (χ0) is 10.8. The van der Waals surface area contributed by atoms with E-state index in [1.54, 1.807) is 13.0 Å². The lowest BCUT2D eigenvalue weighted by atomic mass is 10.1. The summed E-state index contributed by atoms with van der Waals surface area (Å²) in [5.41, 5.74) is 8.05. The van der Waals surface area contributed by atoms with Crippen LogP contribution in [0.5, 0.6) is 0 Å². The van der Waals surface area contributed by atoms with Gasteiger partial charge in [0.1, 0.15) is 0 Å². The minimum atomic E-state index is -0.336. The van der Waals surface area contributed by atoms with Gasteiger partial charge < -0.3 is 10.5 Å². The molecule has 1 fully saturated rings. The Hall–Kier alpha value is -1.51. The third kappa shape index (κ3) is 2.12. The van der Waals surface area contributed by atoms with Crippen LogP contribution in [0.25, 0.3) is 0 Å². The fourth-order valence-corrected chi connectivity index (χ4v) is 1.65. The van der Waals surface area contributed by atoms with Crippen LogP contribution in [0.1, 0.15) is 41.6 Å². The summed E-state index contributed by atoms with van der Waals surface area (Å²) in [5, 5.41) is 0. The van der Waals surface area contributed by atoms with Gasteiger partial charge in [0, 0.05) is 5.69 Å². The zero-order valence-electron chi connectivity index (χ0n) is 8.82. The van der Waals surface area contributed by atoms with Crippen molar-refractivity contribution in [2.75, 3.05) is 12.3 Å². The molecule has 80 valence electrons. The van der Waals surface area contributed by atoms with E-state index in [9.17, 15) is 4.79 Å². The van der Waals surface area contributed by atoms with Gasteiger partial charge in [-0.1, -0.05) is 6.07 Å². The van der Waals surface area contributed by atoms with E-state index in [0.29, 0.717) is 23.8 Å². The number of hydrogen-bond acceptors (Lipinski definition) is 3. The first-order valence-corrected chi connectivity index (χ1v) is 5.29. The van der Waals surface area contributed by atoms with Gasteiger partial charge in [0.25, 0.3) is 0 Å². The average Bonchev–Trinajstić information content (AvgIpc) is 3.01. The lowest BCUT2D eigenvalue weighted by Crippen LogP contribution is -2.08. The molecular weight excluding hydrogens is 190 g/mol. The molecular formula is C12H15NO2. The molecule has 0 atom stereocenters. The lowest BCUT2D eigenvalue weighted by molar-refractivity contribution is 0.0527. The molecule has 0 unspecified atom stereocenters. The summed E-state index contributed by atoms with van der Waals surface area (Å²) in [6.45, 7) is 2.16. The van der Waals surface area contributed by atoms with Crippen molar-refractivity contribution in [1.82, 2.24) is 0 Å². The fraction of sp³-hybridized carbons (Fsp3) is 0.417. The summed E-state index contributed by atoms with van der Waals surface area (Å²) in [4.78, 5) is 11.5. The molecule has 0 saturated heterocycles. The molecule has 1 aromatic rings. The Morgan fingerprint density at radius 1 is 1.53 bits per heavy atom. The molecule has 0 aliphatic heterocycles. The van der Waals surface area contributed by atoms with Crippen LogP contribution in [-0.2, 0) is 4.74 Å². The number of hydrogen-bond donors (Lipinski definition) is 1. The number of nitrogen functional groups attached to an aromatic ring is 1. The second-order valence-corrected chi connectivity index (χ2v) is 3.84. The van der Waals surface area contributed by atoms with Gasteiger partial charge >= 0.3 is 5.97 Å². The van der Waals surface area contributed by atoms with Crippen LogP contribution in [-0.4, -0.2) is 12.6 Å². The van der Waals surface area contributed by atoms with Crippen LogP contribution in [0.15, 0.2) is 18.2 Å². The van der Waals surface area contributed by atoms with Gasteiger partial charge in [-0.3, -0.25) is 0 Å². The standard InChI is InChI=1S/C12H15NO2/c1-2-15-12(14)10-6-5-9(7-11(10)13)8-3-4-8/h5-8H,2-4,13H2,1H3. The monoisotopic (exact) mass is 205 g/mol. The van der Waals surface area contributed by atoms with Crippen LogP contribution in [0, 0.1) is 0 Å². The number of nitrogens with two attached hydrogens (primary N) is 1. The van der Waals surface area contributed by atoms with E-state index in [-0.39, 0.29) is 5.97 Å². The average molecular weight is 205 g/mol. The second-order valence-electron chi connectivity index (χ2n) is 3.84. The molecule has 0 radical (unpaired) electrons. The highest BCUT2D eigenvalue weighted by Gasteiger charge is 2.24. The highest BCUT2D eigenvalue weighted by Crippen LogP contribution is 2.40. The van der Waals surface area contributed by atoms with Gasteiger partial charge in [-0.15, -0.1) is 0 Å². The SMILES string of the molecule is CCOC(=O)c1ccc(C2CC2)cc1N. The van der Waals surface area contributed by atoms with Crippen LogP contribution >= 0.6 is 0 Å². The third-order valence-corrected chi connectivity index (χ3v) is 2.62. The quantitative estimate of drug-likeness (QED) is 0.608. The Bertz CT molecular complexity index is 383. The Morgan fingerprint density at radius 3 is 2.80 bits per heavy atom. The van der Waals surface area contributed by atoms with E-state index < -0.39 is 0 Å². The van der Waals surface area contributed by atoms with Gasteiger partial charge in [-0.25, -0.2) is 4.79 Å². The van der Waals surface area contributed by atoms with Crippen molar-refractivity contribution in [3.8, 4) is 0 Å². The molecule has 0 aromatic heterocycles. The Morgan fingerprint density at radius 2 is 2.27 bits per heavy atom. The number of carbonyl (C=O) groups excluding carboxylic acids is 1. The smallest absolute Gasteiger partial charge is 0.340 e. The molecule has 1 aliphatic carbocycles. The third-order valence-electron chi connectivity index (χ3n) is 2.62. The van der Waals surface area contributed by atoms with Crippen molar-refractivity contribution in [3.63, 3.8) is 0 Å². The first-order valence-electron chi connectivity index (χ1n) is 5.29. The molecule has 0 heterocycles. The molecule has 0 spiro atoms. The van der Waals surface area contributed by atoms with Crippen molar-refractivity contribution in [3.05, 3.63) is 29.3 Å². The summed E-state index contributed by atoms with van der Waals surface area (Å²) in [6, 6.07) is 5.63. The normalized spacial score (nSPS) is 15.0. The fourth-order valence-electron chi connectivity index (χ4n) is 1.65. The van der Waals surface area contributed by atoms with Crippen molar-refractivity contribution < 1.29 is 9.53 Å². The van der Waals surface area contributed by atoms with Crippen LogP contribution < -0.4 is 5.73 Å². The van der Waals surface area contributed by atoms with E-state index in [1.807, 2.05) is 12.1 Å². The molecule has 1 aliphatic rings. The predicted molar refractivity (Wildman–Crippen MR) is 58.8 cm³/mol. The summed E-state index contributed by atoms with van der Waals surface area (Å²) < 4.78 is 4.91. The molecule has 0 bridgehead atoms. The van der Waals surface area contributed by atoms with Crippen LogP contribution in [0.3, 0.4) is 0 Å². The van der Waals surface area contributed by atoms with Crippen LogP contribution in [0.4, 0.5) is 5.69 Å². The number of anilines is 1. The van der Waals surface area contributed by atoms with Crippen molar-refractivity contribution in [2.45, 2.75) is 25.7 Å². The first-order chi connectivity index (χ1) is 7.22. The number of carbonyl (C=O) groups is 1. The van der Waals surface area contributed by atoms with E-state index >= 15 is 0 Å². The molecule has 3 heteroatoms. The van der Waals surface area contributed by atoms with Crippen LogP contribution in [0.2, 0.25) is 0 Å². The molecule has 15 heavy (non-hydrogen) atoms. The Balaban J connectivity index is 2.21. The minimum Gasteiger partial charge on any atom is -0.462 e.